The fourth-order valence-corrected chi connectivity index (χ4v) is 2.00. The molecule has 0 amide bonds. The van der Waals surface area contributed by atoms with E-state index in [1.165, 1.54) is 12.4 Å². The van der Waals surface area contributed by atoms with Gasteiger partial charge in [0.15, 0.2) is 0 Å². The summed E-state index contributed by atoms with van der Waals surface area (Å²) >= 11 is 0. The molecule has 14 heavy (non-hydrogen) atoms. The lowest BCUT2D eigenvalue weighted by Crippen LogP contribution is -2.29. The Labute approximate surface area is 82.2 Å². The molecule has 1 saturated carbocycles. The summed E-state index contributed by atoms with van der Waals surface area (Å²) in [6.07, 6.45) is 3.78. The molecule has 0 bridgehead atoms. The Bertz CT molecular complexity index is 386. The smallest absolute Gasteiger partial charge is 0.253 e. The Balaban J connectivity index is 2.36. The number of aliphatic hydroxyl groups excluding tert-OH is 1. The highest BCUT2D eigenvalue weighted by Crippen LogP contribution is 2.28. The van der Waals surface area contributed by atoms with E-state index in [0.29, 0.717) is 0 Å². The lowest BCUT2D eigenvalue weighted by Gasteiger charge is -2.16. The van der Waals surface area contributed by atoms with Crippen LogP contribution in [-0.4, -0.2) is 20.8 Å². The maximum atomic E-state index is 11.6. The second-order valence-electron chi connectivity index (χ2n) is 3.84. The van der Waals surface area contributed by atoms with Crippen LogP contribution in [0, 0.1) is 6.92 Å². The molecule has 1 aromatic rings. The summed E-state index contributed by atoms with van der Waals surface area (Å²) in [6.45, 7) is 1.79. The molecule has 2 atom stereocenters. The van der Waals surface area contributed by atoms with E-state index in [-0.39, 0.29) is 11.6 Å². The standard InChI is InChI=1S/C10H14N2O2/c1-7-5-10(14)12(6-11-7)8-3-2-4-9(8)13/h5-6,8-9,13H,2-4H2,1H3/t8-,9-/m0/s1. The van der Waals surface area contributed by atoms with E-state index in [9.17, 15) is 9.90 Å². The summed E-state index contributed by atoms with van der Waals surface area (Å²) in [5.41, 5.74) is 0.655. The summed E-state index contributed by atoms with van der Waals surface area (Å²) in [4.78, 5) is 15.7. The van der Waals surface area contributed by atoms with Crippen LogP contribution in [0.2, 0.25) is 0 Å². The molecule has 1 N–H and O–H groups in total. The number of rotatable bonds is 1. The zero-order valence-electron chi connectivity index (χ0n) is 8.18. The molecule has 0 spiro atoms. The van der Waals surface area contributed by atoms with Gasteiger partial charge in [-0.1, -0.05) is 0 Å². The minimum atomic E-state index is -0.391. The van der Waals surface area contributed by atoms with Gasteiger partial charge >= 0.3 is 0 Å². The molecule has 0 radical (unpaired) electrons. The average molecular weight is 194 g/mol. The Hall–Kier alpha value is -1.16. The van der Waals surface area contributed by atoms with Gasteiger partial charge in [0.2, 0.25) is 0 Å². The van der Waals surface area contributed by atoms with E-state index in [4.69, 9.17) is 0 Å². The van der Waals surface area contributed by atoms with Crippen molar-refractivity contribution in [2.45, 2.75) is 38.3 Å². The first-order valence-corrected chi connectivity index (χ1v) is 4.91. The van der Waals surface area contributed by atoms with Crippen LogP contribution in [0.3, 0.4) is 0 Å². The number of aromatic nitrogens is 2. The van der Waals surface area contributed by atoms with E-state index < -0.39 is 6.10 Å². The van der Waals surface area contributed by atoms with Gasteiger partial charge in [-0.15, -0.1) is 0 Å². The predicted octanol–water partition coefficient (Wildman–Crippen LogP) is 0.638. The topological polar surface area (TPSA) is 55.1 Å². The van der Waals surface area contributed by atoms with Gasteiger partial charge in [0.1, 0.15) is 0 Å². The first kappa shape index (κ1) is 9.40. The minimum Gasteiger partial charge on any atom is -0.391 e. The first-order chi connectivity index (χ1) is 6.68. The molecule has 1 aliphatic rings. The van der Waals surface area contributed by atoms with Crippen molar-refractivity contribution >= 4 is 0 Å². The summed E-state index contributed by atoms with van der Waals surface area (Å²) in [6, 6.07) is 1.43. The lowest BCUT2D eigenvalue weighted by atomic mass is 10.2. The normalized spacial score (nSPS) is 26.7. The van der Waals surface area contributed by atoms with E-state index in [1.54, 1.807) is 11.5 Å². The molecule has 0 unspecified atom stereocenters. The number of aliphatic hydroxyl groups is 1. The summed E-state index contributed by atoms with van der Waals surface area (Å²) in [7, 11) is 0. The summed E-state index contributed by atoms with van der Waals surface area (Å²) < 4.78 is 1.55. The third-order valence-electron chi connectivity index (χ3n) is 2.77. The molecule has 0 saturated heterocycles. The van der Waals surface area contributed by atoms with Gasteiger partial charge in [0.25, 0.3) is 5.56 Å². The van der Waals surface area contributed by atoms with Gasteiger partial charge in [-0.2, -0.15) is 0 Å². The number of nitrogens with zero attached hydrogens (tertiary/aromatic N) is 2. The molecule has 1 fully saturated rings. The lowest BCUT2D eigenvalue weighted by molar-refractivity contribution is 0.134. The summed E-state index contributed by atoms with van der Waals surface area (Å²) in [5.74, 6) is 0. The first-order valence-electron chi connectivity index (χ1n) is 4.91. The van der Waals surface area contributed by atoms with E-state index in [2.05, 4.69) is 4.98 Å². The monoisotopic (exact) mass is 194 g/mol. The van der Waals surface area contributed by atoms with Crippen LogP contribution in [0.5, 0.6) is 0 Å². The molecular formula is C10H14N2O2. The van der Waals surface area contributed by atoms with Gasteiger partial charge in [0.05, 0.1) is 18.5 Å². The Kier molecular flexibility index (Phi) is 2.37. The highest BCUT2D eigenvalue weighted by Gasteiger charge is 2.27. The van der Waals surface area contributed by atoms with Crippen molar-refractivity contribution in [1.29, 1.82) is 0 Å². The third kappa shape index (κ3) is 1.57. The van der Waals surface area contributed by atoms with Gasteiger partial charge in [-0.25, -0.2) is 4.98 Å². The highest BCUT2D eigenvalue weighted by atomic mass is 16.3. The zero-order chi connectivity index (χ0) is 10.1. The van der Waals surface area contributed by atoms with Crippen molar-refractivity contribution in [3.63, 3.8) is 0 Å². The van der Waals surface area contributed by atoms with Crippen molar-refractivity contribution in [2.75, 3.05) is 0 Å². The van der Waals surface area contributed by atoms with Crippen LogP contribution in [0.15, 0.2) is 17.2 Å². The molecule has 0 aliphatic heterocycles. The fraction of sp³-hybridized carbons (Fsp3) is 0.600. The highest BCUT2D eigenvalue weighted by molar-refractivity contribution is 4.98. The molecule has 4 heteroatoms. The van der Waals surface area contributed by atoms with Crippen molar-refractivity contribution in [3.05, 3.63) is 28.4 Å². The Morgan fingerprint density at radius 2 is 2.36 bits per heavy atom. The molecule has 1 heterocycles. The molecule has 76 valence electrons. The quantitative estimate of drug-likeness (QED) is 0.713. The van der Waals surface area contributed by atoms with Crippen LogP contribution >= 0.6 is 0 Å². The van der Waals surface area contributed by atoms with Gasteiger partial charge in [0, 0.05) is 11.8 Å². The van der Waals surface area contributed by atoms with E-state index in [0.717, 1.165) is 25.0 Å². The molecule has 0 aromatic carbocycles. The zero-order valence-corrected chi connectivity index (χ0v) is 8.18. The number of aryl methyl sites for hydroxylation is 1. The van der Waals surface area contributed by atoms with Gasteiger partial charge in [-0.3, -0.25) is 9.36 Å². The second-order valence-corrected chi connectivity index (χ2v) is 3.84. The van der Waals surface area contributed by atoms with Crippen LogP contribution in [-0.2, 0) is 0 Å². The fourth-order valence-electron chi connectivity index (χ4n) is 2.00. The molecule has 1 aliphatic carbocycles. The Morgan fingerprint density at radius 3 is 2.93 bits per heavy atom. The average Bonchev–Trinajstić information content (AvgIpc) is 2.52. The second kappa shape index (κ2) is 3.53. The molecule has 1 aromatic heterocycles. The van der Waals surface area contributed by atoms with Crippen molar-refractivity contribution in [3.8, 4) is 0 Å². The largest absolute Gasteiger partial charge is 0.391 e. The predicted molar refractivity (Wildman–Crippen MR) is 52.1 cm³/mol. The molecular weight excluding hydrogens is 180 g/mol. The summed E-state index contributed by atoms with van der Waals surface area (Å²) in [5, 5.41) is 9.65. The number of hydrogen-bond donors (Lipinski definition) is 1. The Morgan fingerprint density at radius 1 is 1.57 bits per heavy atom. The van der Waals surface area contributed by atoms with Crippen molar-refractivity contribution in [1.82, 2.24) is 9.55 Å². The van der Waals surface area contributed by atoms with Gasteiger partial charge < -0.3 is 5.11 Å². The van der Waals surface area contributed by atoms with Crippen molar-refractivity contribution in [2.24, 2.45) is 0 Å². The van der Waals surface area contributed by atoms with Crippen LogP contribution < -0.4 is 5.56 Å². The molecule has 2 rings (SSSR count). The SMILES string of the molecule is Cc1cc(=O)n([C@H]2CCC[C@@H]2O)cn1. The molecule has 4 nitrogen and oxygen atoms in total. The number of hydrogen-bond acceptors (Lipinski definition) is 3. The van der Waals surface area contributed by atoms with Crippen molar-refractivity contribution < 1.29 is 5.11 Å². The van der Waals surface area contributed by atoms with Crippen LogP contribution in [0.25, 0.3) is 0 Å². The minimum absolute atomic E-state index is 0.0662. The van der Waals surface area contributed by atoms with E-state index in [1.807, 2.05) is 0 Å². The maximum absolute atomic E-state index is 11.6. The third-order valence-corrected chi connectivity index (χ3v) is 2.77. The van der Waals surface area contributed by atoms with E-state index >= 15 is 0 Å². The maximum Gasteiger partial charge on any atom is 0.253 e. The van der Waals surface area contributed by atoms with Crippen LogP contribution in [0.4, 0.5) is 0 Å². The van der Waals surface area contributed by atoms with Crippen LogP contribution in [0.1, 0.15) is 31.0 Å². The van der Waals surface area contributed by atoms with Gasteiger partial charge in [-0.05, 0) is 26.2 Å².